The molecule has 0 aliphatic carbocycles. The van der Waals surface area contributed by atoms with Crippen LogP contribution in [-0.2, 0) is 9.22 Å². The van der Waals surface area contributed by atoms with Gasteiger partial charge < -0.3 is 9.22 Å². The van der Waals surface area contributed by atoms with Crippen LogP contribution in [0.2, 0.25) is 18.1 Å². The van der Waals surface area contributed by atoms with Gasteiger partial charge in [0.05, 0.1) is 0 Å². The molecule has 3 heteroatoms. The van der Waals surface area contributed by atoms with E-state index >= 15 is 0 Å². The summed E-state index contributed by atoms with van der Waals surface area (Å²) in [5.74, 6) is 0.0475. The van der Waals surface area contributed by atoms with Crippen molar-refractivity contribution in [2.45, 2.75) is 65.6 Å². The molecule has 0 aromatic rings. The molecule has 0 fully saturated rings. The monoisotopic (exact) mass is 270 g/mol. The summed E-state index contributed by atoms with van der Waals surface area (Å²) in [4.78, 5) is 10.6. The van der Waals surface area contributed by atoms with Crippen LogP contribution in [0.15, 0.2) is 11.6 Å². The Bertz CT molecular complexity index is 287. The summed E-state index contributed by atoms with van der Waals surface area (Å²) in [6.45, 7) is 16.1. The van der Waals surface area contributed by atoms with E-state index in [1.807, 2.05) is 13.8 Å². The molecule has 0 aliphatic rings. The highest BCUT2D eigenvalue weighted by Crippen LogP contribution is 2.36. The summed E-state index contributed by atoms with van der Waals surface area (Å²) < 4.78 is 6.10. The Balaban J connectivity index is 3.99. The van der Waals surface area contributed by atoms with Gasteiger partial charge in [-0.15, -0.1) is 0 Å². The normalized spacial score (nSPS) is 15.6. The second kappa shape index (κ2) is 7.24. The lowest BCUT2D eigenvalue weighted by Gasteiger charge is -2.36. The van der Waals surface area contributed by atoms with E-state index in [2.05, 4.69) is 39.9 Å². The van der Waals surface area contributed by atoms with E-state index < -0.39 is 8.32 Å². The fourth-order valence-corrected chi connectivity index (χ4v) is 2.34. The SMILES string of the molecule is C/C(=C\CCCO[Si](C)(C)C(C)(C)C)[C@@H](C)C=O. The topological polar surface area (TPSA) is 26.3 Å². The molecule has 0 unspecified atom stereocenters. The predicted molar refractivity (Wildman–Crippen MR) is 81.4 cm³/mol. The zero-order valence-corrected chi connectivity index (χ0v) is 14.2. The summed E-state index contributed by atoms with van der Waals surface area (Å²) in [5, 5.41) is 0.283. The first-order valence-corrected chi connectivity index (χ1v) is 9.78. The highest BCUT2D eigenvalue weighted by molar-refractivity contribution is 6.74. The minimum Gasteiger partial charge on any atom is -0.417 e. The van der Waals surface area contributed by atoms with E-state index in [0.29, 0.717) is 0 Å². The van der Waals surface area contributed by atoms with Crippen LogP contribution in [0.5, 0.6) is 0 Å². The molecule has 0 rings (SSSR count). The van der Waals surface area contributed by atoms with E-state index in [0.717, 1.165) is 31.3 Å². The van der Waals surface area contributed by atoms with Crippen LogP contribution in [0, 0.1) is 5.92 Å². The summed E-state index contributed by atoms with van der Waals surface area (Å²) in [7, 11) is -1.59. The van der Waals surface area contributed by atoms with Crippen molar-refractivity contribution in [1.82, 2.24) is 0 Å². The zero-order chi connectivity index (χ0) is 14.4. The second-order valence-electron chi connectivity index (χ2n) is 6.62. The van der Waals surface area contributed by atoms with Crippen LogP contribution in [-0.4, -0.2) is 21.2 Å². The Labute approximate surface area is 114 Å². The molecule has 18 heavy (non-hydrogen) atoms. The van der Waals surface area contributed by atoms with Crippen LogP contribution >= 0.6 is 0 Å². The smallest absolute Gasteiger partial charge is 0.191 e. The molecule has 0 aromatic carbocycles. The number of allylic oxidation sites excluding steroid dienone is 2. The molecule has 0 saturated carbocycles. The molecular weight excluding hydrogens is 240 g/mol. The maximum Gasteiger partial charge on any atom is 0.191 e. The Morgan fingerprint density at radius 2 is 1.89 bits per heavy atom. The molecule has 0 bridgehead atoms. The quantitative estimate of drug-likeness (QED) is 0.293. The number of carbonyl (C=O) groups is 1. The zero-order valence-electron chi connectivity index (χ0n) is 13.2. The van der Waals surface area contributed by atoms with Crippen LogP contribution in [0.3, 0.4) is 0 Å². The van der Waals surface area contributed by atoms with Gasteiger partial charge in [0.15, 0.2) is 8.32 Å². The second-order valence-corrected chi connectivity index (χ2v) is 11.4. The fraction of sp³-hybridized carbons (Fsp3) is 0.800. The highest BCUT2D eigenvalue weighted by Gasteiger charge is 2.36. The number of hydrogen-bond donors (Lipinski definition) is 0. The first-order valence-electron chi connectivity index (χ1n) is 6.87. The van der Waals surface area contributed by atoms with Gasteiger partial charge in [-0.05, 0) is 37.9 Å². The van der Waals surface area contributed by atoms with Crippen molar-refractivity contribution in [2.24, 2.45) is 5.92 Å². The van der Waals surface area contributed by atoms with Crippen molar-refractivity contribution in [2.75, 3.05) is 6.61 Å². The van der Waals surface area contributed by atoms with E-state index in [1.54, 1.807) is 0 Å². The number of carbonyl (C=O) groups excluding carboxylic acids is 1. The predicted octanol–water partition coefficient (Wildman–Crippen LogP) is 4.57. The average molecular weight is 270 g/mol. The number of unbranched alkanes of at least 4 members (excludes halogenated alkanes) is 1. The van der Waals surface area contributed by atoms with E-state index in [4.69, 9.17) is 4.43 Å². The highest BCUT2D eigenvalue weighted by atomic mass is 28.4. The van der Waals surface area contributed by atoms with Gasteiger partial charge >= 0.3 is 0 Å². The summed E-state index contributed by atoms with van der Waals surface area (Å²) in [6, 6.07) is 0. The third kappa shape index (κ3) is 5.96. The molecular formula is C15H30O2Si. The van der Waals surface area contributed by atoms with Crippen molar-refractivity contribution in [3.05, 3.63) is 11.6 Å². The van der Waals surface area contributed by atoms with E-state index in [-0.39, 0.29) is 11.0 Å². The molecule has 0 heterocycles. The first-order chi connectivity index (χ1) is 8.12. The summed E-state index contributed by atoms with van der Waals surface area (Å²) >= 11 is 0. The molecule has 0 amide bonds. The van der Waals surface area contributed by atoms with Crippen LogP contribution in [0.4, 0.5) is 0 Å². The lowest BCUT2D eigenvalue weighted by atomic mass is 10.0. The van der Waals surface area contributed by atoms with Gasteiger partial charge in [-0.1, -0.05) is 39.3 Å². The standard InChI is InChI=1S/C15H30O2Si/c1-13(14(2)12-16)10-8-9-11-17-18(6,7)15(3,4)5/h10,12,14H,8-9,11H2,1-7H3/b13-10+/t14-/m0/s1. The number of hydrogen-bond acceptors (Lipinski definition) is 2. The minimum absolute atomic E-state index is 0.0475. The molecule has 0 radical (unpaired) electrons. The van der Waals surface area contributed by atoms with Crippen molar-refractivity contribution >= 4 is 14.6 Å². The Kier molecular flexibility index (Phi) is 7.08. The van der Waals surface area contributed by atoms with Crippen molar-refractivity contribution in [1.29, 1.82) is 0 Å². The molecule has 0 aliphatic heterocycles. The van der Waals surface area contributed by atoms with Gasteiger partial charge in [0.1, 0.15) is 6.29 Å². The number of aldehydes is 1. The Morgan fingerprint density at radius 1 is 1.33 bits per heavy atom. The van der Waals surface area contributed by atoms with Crippen LogP contribution < -0.4 is 0 Å². The van der Waals surface area contributed by atoms with Crippen molar-refractivity contribution < 1.29 is 9.22 Å². The van der Waals surface area contributed by atoms with Gasteiger partial charge in [0.2, 0.25) is 0 Å². The van der Waals surface area contributed by atoms with E-state index in [9.17, 15) is 4.79 Å². The fourth-order valence-electron chi connectivity index (χ4n) is 1.25. The van der Waals surface area contributed by atoms with Gasteiger partial charge in [0, 0.05) is 12.5 Å². The van der Waals surface area contributed by atoms with Gasteiger partial charge in [-0.2, -0.15) is 0 Å². The maximum absolute atomic E-state index is 10.6. The molecule has 0 N–H and O–H groups in total. The Morgan fingerprint density at radius 3 is 2.33 bits per heavy atom. The van der Waals surface area contributed by atoms with Gasteiger partial charge in [-0.3, -0.25) is 0 Å². The summed E-state index contributed by atoms with van der Waals surface area (Å²) in [5.41, 5.74) is 1.16. The van der Waals surface area contributed by atoms with E-state index in [1.165, 1.54) is 0 Å². The van der Waals surface area contributed by atoms with Crippen LogP contribution in [0.1, 0.15) is 47.5 Å². The van der Waals surface area contributed by atoms with Gasteiger partial charge in [0.25, 0.3) is 0 Å². The largest absolute Gasteiger partial charge is 0.417 e. The molecule has 2 nitrogen and oxygen atoms in total. The van der Waals surface area contributed by atoms with Crippen LogP contribution in [0.25, 0.3) is 0 Å². The van der Waals surface area contributed by atoms with Gasteiger partial charge in [-0.25, -0.2) is 0 Å². The molecule has 0 spiro atoms. The molecule has 0 aromatic heterocycles. The molecule has 1 atom stereocenters. The average Bonchev–Trinajstić information content (AvgIpc) is 2.25. The third-order valence-corrected chi connectivity index (χ3v) is 8.54. The molecule has 0 saturated heterocycles. The van der Waals surface area contributed by atoms with Crippen molar-refractivity contribution in [3.8, 4) is 0 Å². The third-order valence-electron chi connectivity index (χ3n) is 4.01. The lowest BCUT2D eigenvalue weighted by molar-refractivity contribution is -0.109. The molecule has 106 valence electrons. The summed E-state index contributed by atoms with van der Waals surface area (Å²) in [6.07, 6.45) is 5.19. The Hall–Kier alpha value is -0.413. The maximum atomic E-state index is 10.6. The first kappa shape index (κ1) is 17.6. The number of rotatable bonds is 7. The minimum atomic E-state index is -1.59. The van der Waals surface area contributed by atoms with Crippen molar-refractivity contribution in [3.63, 3.8) is 0 Å². The lowest BCUT2D eigenvalue weighted by Crippen LogP contribution is -2.40.